The van der Waals surface area contributed by atoms with E-state index in [1.165, 1.54) is 13.8 Å². The first kappa shape index (κ1) is 18.9. The Bertz CT molecular complexity index is 570. The van der Waals surface area contributed by atoms with Crippen LogP contribution in [0, 0.1) is 5.92 Å². The first-order chi connectivity index (χ1) is 10.5. The van der Waals surface area contributed by atoms with Crippen LogP contribution in [0.3, 0.4) is 0 Å². The number of pyridine rings is 1. The number of hydrogen-bond donors (Lipinski definition) is 1. The van der Waals surface area contributed by atoms with Crippen LogP contribution >= 0.6 is 0 Å². The van der Waals surface area contributed by atoms with Crippen molar-refractivity contribution in [3.63, 3.8) is 0 Å². The number of halogens is 3. The number of Topliss-reactive ketones (excluding diaryl/α,β-unsaturated/α-hetero) is 1. The molecule has 0 spiro atoms. The molecule has 9 heteroatoms. The van der Waals surface area contributed by atoms with Crippen LogP contribution in [0.5, 0.6) is 5.88 Å². The minimum atomic E-state index is -4.49. The summed E-state index contributed by atoms with van der Waals surface area (Å²) < 4.78 is 46.8. The van der Waals surface area contributed by atoms with Crippen molar-refractivity contribution < 1.29 is 32.2 Å². The fourth-order valence-corrected chi connectivity index (χ4v) is 1.74. The Morgan fingerprint density at radius 2 is 1.96 bits per heavy atom. The Morgan fingerprint density at radius 1 is 1.35 bits per heavy atom. The van der Waals surface area contributed by atoms with Crippen LogP contribution in [0.2, 0.25) is 0 Å². The van der Waals surface area contributed by atoms with E-state index in [0.29, 0.717) is 6.20 Å². The molecule has 0 bridgehead atoms. The van der Waals surface area contributed by atoms with Gasteiger partial charge in [-0.25, -0.2) is 9.78 Å². The van der Waals surface area contributed by atoms with Gasteiger partial charge in [0, 0.05) is 12.3 Å². The second-order valence-electron chi connectivity index (χ2n) is 5.15. The maximum Gasteiger partial charge on any atom is 0.417 e. The lowest BCUT2D eigenvalue weighted by atomic mass is 9.89. The summed E-state index contributed by atoms with van der Waals surface area (Å²) in [5.74, 6) is -2.36. The Labute approximate surface area is 130 Å². The Balaban J connectivity index is 2.67. The summed E-state index contributed by atoms with van der Waals surface area (Å²) >= 11 is 0. The van der Waals surface area contributed by atoms with E-state index >= 15 is 0 Å². The molecular weight excluding hydrogens is 317 g/mol. The molecule has 0 aliphatic carbocycles. The van der Waals surface area contributed by atoms with Crippen LogP contribution in [0.15, 0.2) is 18.3 Å². The molecule has 1 rings (SSSR count). The van der Waals surface area contributed by atoms with Crippen molar-refractivity contribution in [3.8, 4) is 5.88 Å². The number of carbonyl (C=O) groups excluding carboxylic acids is 2. The predicted molar refractivity (Wildman–Crippen MR) is 73.5 cm³/mol. The van der Waals surface area contributed by atoms with Crippen LogP contribution < -0.4 is 10.5 Å². The van der Waals surface area contributed by atoms with Gasteiger partial charge < -0.3 is 15.2 Å². The van der Waals surface area contributed by atoms with Gasteiger partial charge in [-0.3, -0.25) is 4.79 Å². The highest BCUT2D eigenvalue weighted by Gasteiger charge is 2.40. The number of esters is 1. The van der Waals surface area contributed by atoms with Crippen LogP contribution in [0.25, 0.3) is 0 Å². The van der Waals surface area contributed by atoms with E-state index in [9.17, 15) is 22.8 Å². The average Bonchev–Trinajstić information content (AvgIpc) is 2.50. The van der Waals surface area contributed by atoms with Crippen LogP contribution in [-0.4, -0.2) is 36.0 Å². The summed E-state index contributed by atoms with van der Waals surface area (Å²) in [5, 5.41) is 0. The van der Waals surface area contributed by atoms with Gasteiger partial charge in [0.05, 0.1) is 25.2 Å². The lowest BCUT2D eigenvalue weighted by molar-refractivity contribution is -0.151. The van der Waals surface area contributed by atoms with Gasteiger partial charge >= 0.3 is 12.1 Å². The molecule has 0 saturated carbocycles. The van der Waals surface area contributed by atoms with E-state index in [2.05, 4.69) is 9.72 Å². The molecule has 0 radical (unpaired) electrons. The number of carbonyl (C=O) groups is 2. The monoisotopic (exact) mass is 334 g/mol. The number of methoxy groups -OCH3 is 1. The molecule has 0 fully saturated rings. The van der Waals surface area contributed by atoms with Crippen LogP contribution in [-0.2, 0) is 20.5 Å². The van der Waals surface area contributed by atoms with Gasteiger partial charge in [0.25, 0.3) is 0 Å². The van der Waals surface area contributed by atoms with Gasteiger partial charge in [-0.15, -0.1) is 0 Å². The summed E-state index contributed by atoms with van der Waals surface area (Å²) in [5.41, 5.74) is 2.90. The molecule has 0 aliphatic rings. The minimum Gasteiger partial charge on any atom is -0.477 e. The molecular formula is C14H17F3N2O4. The molecule has 23 heavy (non-hydrogen) atoms. The van der Waals surface area contributed by atoms with Crippen LogP contribution in [0.1, 0.15) is 19.4 Å². The van der Waals surface area contributed by atoms with Gasteiger partial charge in [0.15, 0.2) is 11.3 Å². The van der Waals surface area contributed by atoms with Crippen molar-refractivity contribution in [3.05, 3.63) is 23.9 Å². The molecule has 0 aliphatic heterocycles. The zero-order chi connectivity index (χ0) is 17.8. The first-order valence-electron chi connectivity index (χ1n) is 6.57. The van der Waals surface area contributed by atoms with Crippen molar-refractivity contribution in [2.75, 3.05) is 13.7 Å². The molecule has 2 N–H and O–H groups in total. The van der Waals surface area contributed by atoms with E-state index < -0.39 is 34.9 Å². The highest BCUT2D eigenvalue weighted by Crippen LogP contribution is 2.29. The maximum atomic E-state index is 12.4. The smallest absolute Gasteiger partial charge is 0.417 e. The summed E-state index contributed by atoms with van der Waals surface area (Å²) in [6, 6.07) is 1.86. The van der Waals surface area contributed by atoms with E-state index in [0.717, 1.165) is 19.2 Å². The average molecular weight is 334 g/mol. The number of hydrogen-bond acceptors (Lipinski definition) is 6. The number of rotatable bonds is 6. The summed E-state index contributed by atoms with van der Waals surface area (Å²) in [7, 11) is 1.11. The zero-order valence-electron chi connectivity index (χ0n) is 12.8. The molecule has 0 saturated heterocycles. The highest BCUT2D eigenvalue weighted by atomic mass is 19.4. The second kappa shape index (κ2) is 6.95. The van der Waals surface area contributed by atoms with E-state index in [4.69, 9.17) is 10.5 Å². The van der Waals surface area contributed by atoms with Crippen LogP contribution in [0.4, 0.5) is 13.2 Å². The maximum absolute atomic E-state index is 12.4. The highest BCUT2D eigenvalue weighted by molar-refractivity contribution is 6.08. The molecule has 128 valence electrons. The first-order valence-corrected chi connectivity index (χ1v) is 6.57. The predicted octanol–water partition coefficient (Wildman–Crippen LogP) is 1.57. The van der Waals surface area contributed by atoms with Gasteiger partial charge in [-0.05, 0) is 13.0 Å². The topological polar surface area (TPSA) is 91.5 Å². The standard InChI is InChI=1S/C14H17F3N2O4/c1-8(11(20)13(2,18)12(21)22-3)7-23-10-5-4-9(6-19-10)14(15,16)17/h4-6,8H,7,18H2,1-3H3/t8?,13-/m1/s1. The lowest BCUT2D eigenvalue weighted by Gasteiger charge is -2.23. The van der Waals surface area contributed by atoms with Crippen molar-refractivity contribution in [2.24, 2.45) is 11.7 Å². The summed E-state index contributed by atoms with van der Waals surface area (Å²) in [6.07, 6.45) is -3.86. The van der Waals surface area contributed by atoms with Gasteiger partial charge in [0.1, 0.15) is 0 Å². The van der Waals surface area contributed by atoms with Gasteiger partial charge in [-0.1, -0.05) is 6.92 Å². The summed E-state index contributed by atoms with van der Waals surface area (Å²) in [6.45, 7) is 2.50. The van der Waals surface area contributed by atoms with Gasteiger partial charge in [0.2, 0.25) is 5.88 Å². The van der Waals surface area contributed by atoms with Crippen molar-refractivity contribution in [2.45, 2.75) is 25.6 Å². The third kappa shape index (κ3) is 4.65. The molecule has 1 aromatic rings. The quantitative estimate of drug-likeness (QED) is 0.627. The van der Waals surface area contributed by atoms with E-state index in [1.807, 2.05) is 0 Å². The van der Waals surface area contributed by atoms with Crippen molar-refractivity contribution >= 4 is 11.8 Å². The number of ketones is 1. The zero-order valence-corrected chi connectivity index (χ0v) is 12.8. The third-order valence-electron chi connectivity index (χ3n) is 3.11. The second-order valence-corrected chi connectivity index (χ2v) is 5.15. The number of alkyl halides is 3. The van der Waals surface area contributed by atoms with Crippen molar-refractivity contribution in [1.82, 2.24) is 4.98 Å². The fraction of sp³-hybridized carbons (Fsp3) is 0.500. The molecule has 1 unspecified atom stereocenters. The van der Waals surface area contributed by atoms with E-state index in [1.54, 1.807) is 0 Å². The Hall–Kier alpha value is -2.16. The van der Waals surface area contributed by atoms with E-state index in [-0.39, 0.29) is 12.5 Å². The minimum absolute atomic E-state index is 0.0746. The number of aromatic nitrogens is 1. The van der Waals surface area contributed by atoms with Gasteiger partial charge in [-0.2, -0.15) is 13.2 Å². The Morgan fingerprint density at radius 3 is 2.39 bits per heavy atom. The molecule has 2 atom stereocenters. The normalized spacial score (nSPS) is 15.4. The Kier molecular flexibility index (Phi) is 5.70. The summed E-state index contributed by atoms with van der Waals surface area (Å²) in [4.78, 5) is 27.1. The lowest BCUT2D eigenvalue weighted by Crippen LogP contribution is -2.55. The number of nitrogens with zero attached hydrogens (tertiary/aromatic N) is 1. The largest absolute Gasteiger partial charge is 0.477 e. The van der Waals surface area contributed by atoms with Crippen molar-refractivity contribution in [1.29, 1.82) is 0 Å². The fourth-order valence-electron chi connectivity index (χ4n) is 1.74. The molecule has 0 amide bonds. The molecule has 6 nitrogen and oxygen atoms in total. The molecule has 0 aromatic carbocycles. The number of ether oxygens (including phenoxy) is 2. The molecule has 1 heterocycles. The number of nitrogens with two attached hydrogens (primary N) is 1. The third-order valence-corrected chi connectivity index (χ3v) is 3.11. The molecule has 1 aromatic heterocycles. The SMILES string of the molecule is COC(=O)[C@](C)(N)C(=O)C(C)COc1ccc(C(F)(F)F)cn1.